The fraction of sp³-hybridized carbons (Fsp3) is 0.273. The van der Waals surface area contributed by atoms with Gasteiger partial charge in [0.1, 0.15) is 16.7 Å². The Morgan fingerprint density at radius 1 is 0.966 bits per heavy atom. The number of nitrogens with one attached hydrogen (secondary N) is 1. The summed E-state index contributed by atoms with van der Waals surface area (Å²) in [6.07, 6.45) is 11.5. The summed E-state index contributed by atoms with van der Waals surface area (Å²) < 4.78 is 5.82. The highest BCUT2D eigenvalue weighted by Gasteiger charge is 2.26. The van der Waals surface area contributed by atoms with Gasteiger partial charge in [0.05, 0.1) is 0 Å². The van der Waals surface area contributed by atoms with Gasteiger partial charge in [0, 0.05) is 41.3 Å². The number of ether oxygens (including phenoxy) is 1. The first kappa shape index (κ1) is 19.3. The molecular weight excluding hydrogens is 386 g/mol. The smallest absolute Gasteiger partial charge is 0.342 e. The van der Waals surface area contributed by atoms with Crippen molar-refractivity contribution in [3.05, 3.63) is 65.6 Å². The van der Waals surface area contributed by atoms with Crippen LogP contribution in [0.15, 0.2) is 54.4 Å². The summed E-state index contributed by atoms with van der Waals surface area (Å²) in [5.41, 5.74) is 2.47. The Balaban J connectivity index is 1.64. The van der Waals surface area contributed by atoms with Gasteiger partial charge in [-0.05, 0) is 55.5 Å². The van der Waals surface area contributed by atoms with E-state index < -0.39 is 5.97 Å². The van der Waals surface area contributed by atoms with Crippen LogP contribution in [0.3, 0.4) is 0 Å². The van der Waals surface area contributed by atoms with Gasteiger partial charge in [-0.25, -0.2) is 4.79 Å². The first-order valence-electron chi connectivity index (χ1n) is 9.66. The molecule has 1 amide bonds. The van der Waals surface area contributed by atoms with Gasteiger partial charge in [-0.2, -0.15) is 0 Å². The van der Waals surface area contributed by atoms with Crippen LogP contribution in [0.4, 0.5) is 5.00 Å². The first-order chi connectivity index (χ1) is 14.2. The second-order valence-corrected chi connectivity index (χ2v) is 7.82. The molecule has 1 fully saturated rings. The number of thiophene rings is 1. The van der Waals surface area contributed by atoms with Crippen LogP contribution in [-0.4, -0.2) is 27.9 Å². The van der Waals surface area contributed by atoms with Gasteiger partial charge in [-0.3, -0.25) is 14.8 Å². The van der Waals surface area contributed by atoms with Crippen LogP contribution in [0, 0.1) is 0 Å². The monoisotopic (exact) mass is 407 g/mol. The zero-order valence-electron chi connectivity index (χ0n) is 15.8. The fourth-order valence-electron chi connectivity index (χ4n) is 3.47. The Morgan fingerprint density at radius 3 is 2.31 bits per heavy atom. The molecule has 0 unspecified atom stereocenters. The summed E-state index contributed by atoms with van der Waals surface area (Å²) in [7, 11) is 0. The standard InChI is InChI=1S/C22H21N3O3S/c26-20(16-8-12-24-13-9-16)25-21-19(22(27)28-17-4-2-1-3-5-17)18(14-29-21)15-6-10-23-11-7-15/h6-14,17H,1-5H2,(H,25,26). The lowest BCUT2D eigenvalue weighted by Crippen LogP contribution is -2.22. The number of hydrogen-bond acceptors (Lipinski definition) is 6. The summed E-state index contributed by atoms with van der Waals surface area (Å²) in [6, 6.07) is 6.95. The number of esters is 1. The molecule has 0 bridgehead atoms. The summed E-state index contributed by atoms with van der Waals surface area (Å²) in [4.78, 5) is 33.7. The van der Waals surface area contributed by atoms with Gasteiger partial charge >= 0.3 is 5.97 Å². The zero-order chi connectivity index (χ0) is 20.1. The molecule has 0 aromatic carbocycles. The summed E-state index contributed by atoms with van der Waals surface area (Å²) >= 11 is 1.32. The molecule has 0 spiro atoms. The first-order valence-corrected chi connectivity index (χ1v) is 10.5. The second kappa shape index (κ2) is 8.96. The predicted molar refractivity (Wildman–Crippen MR) is 112 cm³/mol. The van der Waals surface area contributed by atoms with Crippen LogP contribution in [0.2, 0.25) is 0 Å². The number of hydrogen-bond donors (Lipinski definition) is 1. The summed E-state index contributed by atoms with van der Waals surface area (Å²) in [5.74, 6) is -0.683. The highest BCUT2D eigenvalue weighted by atomic mass is 32.1. The molecule has 148 valence electrons. The molecule has 0 saturated heterocycles. The average Bonchev–Trinajstić information content (AvgIpc) is 3.19. The Labute approximate surface area is 173 Å². The fourth-order valence-corrected chi connectivity index (χ4v) is 4.42. The molecule has 1 N–H and O–H groups in total. The van der Waals surface area contributed by atoms with E-state index in [-0.39, 0.29) is 12.0 Å². The second-order valence-electron chi connectivity index (χ2n) is 6.94. The number of nitrogens with zero attached hydrogens (tertiary/aromatic N) is 2. The van der Waals surface area contributed by atoms with E-state index in [2.05, 4.69) is 15.3 Å². The quantitative estimate of drug-likeness (QED) is 0.606. The predicted octanol–water partition coefficient (Wildman–Crippen LogP) is 4.95. The molecular formula is C22H21N3O3S. The van der Waals surface area contributed by atoms with Gasteiger partial charge in [-0.15, -0.1) is 11.3 Å². The number of pyridine rings is 2. The average molecular weight is 407 g/mol. The van der Waals surface area contributed by atoms with Gasteiger partial charge in [0.2, 0.25) is 0 Å². The third kappa shape index (κ3) is 4.51. The van der Waals surface area contributed by atoms with Crippen molar-refractivity contribution in [1.29, 1.82) is 0 Å². The lowest BCUT2D eigenvalue weighted by atomic mass is 9.97. The third-order valence-electron chi connectivity index (χ3n) is 4.98. The van der Waals surface area contributed by atoms with Crippen LogP contribution < -0.4 is 5.32 Å². The lowest BCUT2D eigenvalue weighted by molar-refractivity contribution is 0.0214. The van der Waals surface area contributed by atoms with E-state index >= 15 is 0 Å². The van der Waals surface area contributed by atoms with E-state index in [1.165, 1.54) is 17.8 Å². The number of carbonyl (C=O) groups excluding carboxylic acids is 2. The minimum atomic E-state index is -0.394. The summed E-state index contributed by atoms with van der Waals surface area (Å²) in [6.45, 7) is 0. The van der Waals surface area contributed by atoms with Crippen LogP contribution in [0.25, 0.3) is 11.1 Å². The van der Waals surface area contributed by atoms with Crippen molar-refractivity contribution in [2.24, 2.45) is 0 Å². The van der Waals surface area contributed by atoms with E-state index in [1.54, 1.807) is 36.9 Å². The van der Waals surface area contributed by atoms with Crippen molar-refractivity contribution >= 4 is 28.2 Å². The van der Waals surface area contributed by atoms with Crippen LogP contribution in [-0.2, 0) is 4.74 Å². The van der Waals surface area contributed by atoms with Gasteiger partial charge < -0.3 is 10.1 Å². The molecule has 3 heterocycles. The number of anilines is 1. The highest BCUT2D eigenvalue weighted by molar-refractivity contribution is 7.15. The molecule has 0 atom stereocenters. The largest absolute Gasteiger partial charge is 0.459 e. The van der Waals surface area contributed by atoms with E-state index in [4.69, 9.17) is 4.74 Å². The van der Waals surface area contributed by atoms with E-state index in [9.17, 15) is 9.59 Å². The third-order valence-corrected chi connectivity index (χ3v) is 5.88. The SMILES string of the molecule is O=C(Nc1scc(-c2ccncc2)c1C(=O)OC1CCCCC1)c1ccncc1. The maximum absolute atomic E-state index is 13.1. The molecule has 0 radical (unpaired) electrons. The molecule has 0 aliphatic heterocycles. The van der Waals surface area contributed by atoms with Gasteiger partial charge in [0.15, 0.2) is 0 Å². The molecule has 29 heavy (non-hydrogen) atoms. The summed E-state index contributed by atoms with van der Waals surface area (Å²) in [5, 5.41) is 5.23. The van der Waals surface area contributed by atoms with Crippen LogP contribution >= 0.6 is 11.3 Å². The maximum atomic E-state index is 13.1. The molecule has 7 heteroatoms. The number of amides is 1. The molecule has 3 aromatic heterocycles. The van der Waals surface area contributed by atoms with Gasteiger partial charge in [-0.1, -0.05) is 6.42 Å². The van der Waals surface area contributed by atoms with Gasteiger partial charge in [0.25, 0.3) is 5.91 Å². The topological polar surface area (TPSA) is 81.2 Å². The zero-order valence-corrected chi connectivity index (χ0v) is 16.7. The minimum Gasteiger partial charge on any atom is -0.459 e. The number of rotatable bonds is 5. The maximum Gasteiger partial charge on any atom is 0.342 e. The Kier molecular flexibility index (Phi) is 5.95. The Hall–Kier alpha value is -3.06. The number of aromatic nitrogens is 2. The van der Waals surface area contributed by atoms with E-state index in [0.29, 0.717) is 16.1 Å². The van der Waals surface area contributed by atoms with Crippen molar-refractivity contribution < 1.29 is 14.3 Å². The van der Waals surface area contributed by atoms with Crippen molar-refractivity contribution in [3.63, 3.8) is 0 Å². The van der Waals surface area contributed by atoms with Crippen LogP contribution in [0.1, 0.15) is 52.8 Å². The molecule has 1 saturated carbocycles. The Morgan fingerprint density at radius 2 is 1.62 bits per heavy atom. The lowest BCUT2D eigenvalue weighted by Gasteiger charge is -2.22. The highest BCUT2D eigenvalue weighted by Crippen LogP contribution is 2.37. The van der Waals surface area contributed by atoms with Crippen molar-refractivity contribution in [3.8, 4) is 11.1 Å². The molecule has 1 aliphatic carbocycles. The van der Waals surface area contributed by atoms with Crippen molar-refractivity contribution in [2.75, 3.05) is 5.32 Å². The van der Waals surface area contributed by atoms with Crippen molar-refractivity contribution in [1.82, 2.24) is 9.97 Å². The molecule has 3 aromatic rings. The molecule has 4 rings (SSSR count). The normalized spacial score (nSPS) is 14.3. The van der Waals surface area contributed by atoms with E-state index in [1.807, 2.05) is 17.5 Å². The molecule has 1 aliphatic rings. The minimum absolute atomic E-state index is 0.0646. The van der Waals surface area contributed by atoms with Crippen molar-refractivity contribution in [2.45, 2.75) is 38.2 Å². The van der Waals surface area contributed by atoms with Crippen LogP contribution in [0.5, 0.6) is 0 Å². The number of carbonyl (C=O) groups is 2. The van der Waals surface area contributed by atoms with E-state index in [0.717, 1.165) is 36.8 Å². The molecule has 6 nitrogen and oxygen atoms in total. The Bertz CT molecular complexity index is 983.